The molecule has 1 aromatic carbocycles. The summed E-state index contributed by atoms with van der Waals surface area (Å²) < 4.78 is 0. The summed E-state index contributed by atoms with van der Waals surface area (Å²) in [7, 11) is 0. The zero-order valence-corrected chi connectivity index (χ0v) is 9.94. The molecule has 0 heterocycles. The fraction of sp³-hybridized carbons (Fsp3) is 0.364. The molecular formula is C11H13ClN2O3. The number of nitro benzene ring substituents is 1. The third kappa shape index (κ3) is 4.82. The predicted octanol–water partition coefficient (Wildman–Crippen LogP) is 2.94. The van der Waals surface area contributed by atoms with E-state index in [1.54, 1.807) is 6.07 Å². The molecule has 1 amide bonds. The number of hydrogen-bond donors (Lipinski definition) is 1. The van der Waals surface area contributed by atoms with E-state index in [4.69, 9.17) is 11.6 Å². The predicted molar refractivity (Wildman–Crippen MR) is 66.3 cm³/mol. The molecule has 1 rings (SSSR count). The Bertz CT molecular complexity index is 409. The van der Waals surface area contributed by atoms with Crippen LogP contribution in [0, 0.1) is 10.1 Å². The highest BCUT2D eigenvalue weighted by atomic mass is 35.5. The number of hydrogen-bond acceptors (Lipinski definition) is 3. The molecule has 0 spiro atoms. The van der Waals surface area contributed by atoms with E-state index in [0.29, 0.717) is 24.4 Å². The Morgan fingerprint density at radius 1 is 1.41 bits per heavy atom. The number of carbonyl (C=O) groups excluding carboxylic acids is 1. The zero-order chi connectivity index (χ0) is 12.7. The van der Waals surface area contributed by atoms with E-state index in [0.717, 1.165) is 6.42 Å². The van der Waals surface area contributed by atoms with E-state index in [1.165, 1.54) is 18.2 Å². The van der Waals surface area contributed by atoms with Crippen LogP contribution in [0.25, 0.3) is 0 Å². The number of non-ortho nitro benzene ring substituents is 1. The van der Waals surface area contributed by atoms with Crippen molar-refractivity contribution in [1.82, 2.24) is 0 Å². The summed E-state index contributed by atoms with van der Waals surface area (Å²) in [6, 6.07) is 5.86. The highest BCUT2D eigenvalue weighted by Crippen LogP contribution is 2.17. The average molecular weight is 257 g/mol. The van der Waals surface area contributed by atoms with Crippen molar-refractivity contribution >= 4 is 28.9 Å². The Morgan fingerprint density at radius 3 is 2.82 bits per heavy atom. The normalized spacial score (nSPS) is 9.94. The number of nitrogens with one attached hydrogen (secondary N) is 1. The van der Waals surface area contributed by atoms with Gasteiger partial charge in [0.2, 0.25) is 5.91 Å². The first-order valence-corrected chi connectivity index (χ1v) is 5.77. The molecule has 0 atom stereocenters. The van der Waals surface area contributed by atoms with Crippen molar-refractivity contribution in [2.45, 2.75) is 19.3 Å². The monoisotopic (exact) mass is 256 g/mol. The first-order chi connectivity index (χ1) is 8.13. The third-order valence-corrected chi connectivity index (χ3v) is 2.40. The van der Waals surface area contributed by atoms with Gasteiger partial charge in [-0.15, -0.1) is 11.6 Å². The van der Waals surface area contributed by atoms with Gasteiger partial charge < -0.3 is 5.32 Å². The molecule has 6 heteroatoms. The van der Waals surface area contributed by atoms with Crippen molar-refractivity contribution in [2.75, 3.05) is 11.2 Å². The maximum Gasteiger partial charge on any atom is 0.271 e. The topological polar surface area (TPSA) is 72.2 Å². The number of benzene rings is 1. The Labute approximate surface area is 104 Å². The number of halogens is 1. The Hall–Kier alpha value is -1.62. The largest absolute Gasteiger partial charge is 0.326 e. The number of nitrogens with zero attached hydrogens (tertiary/aromatic N) is 1. The summed E-state index contributed by atoms with van der Waals surface area (Å²) in [6.45, 7) is 0. The molecule has 0 radical (unpaired) electrons. The molecule has 0 saturated carbocycles. The van der Waals surface area contributed by atoms with Gasteiger partial charge in [0, 0.05) is 30.1 Å². The van der Waals surface area contributed by atoms with Crippen molar-refractivity contribution in [1.29, 1.82) is 0 Å². The van der Waals surface area contributed by atoms with E-state index in [2.05, 4.69) is 5.32 Å². The molecular weight excluding hydrogens is 244 g/mol. The molecule has 0 saturated heterocycles. The van der Waals surface area contributed by atoms with Gasteiger partial charge in [0.15, 0.2) is 0 Å². The second kappa shape index (κ2) is 6.85. The maximum absolute atomic E-state index is 11.4. The van der Waals surface area contributed by atoms with Crippen molar-refractivity contribution in [3.8, 4) is 0 Å². The van der Waals surface area contributed by atoms with Gasteiger partial charge in [-0.05, 0) is 18.9 Å². The van der Waals surface area contributed by atoms with Gasteiger partial charge in [0.25, 0.3) is 5.69 Å². The van der Waals surface area contributed by atoms with E-state index in [-0.39, 0.29) is 11.6 Å². The van der Waals surface area contributed by atoms with Gasteiger partial charge in [0.1, 0.15) is 0 Å². The van der Waals surface area contributed by atoms with Gasteiger partial charge in [0.05, 0.1) is 4.92 Å². The number of carbonyl (C=O) groups is 1. The Kier molecular flexibility index (Phi) is 5.42. The van der Waals surface area contributed by atoms with Crippen LogP contribution in [0.3, 0.4) is 0 Å². The van der Waals surface area contributed by atoms with Crippen LogP contribution in [-0.2, 0) is 4.79 Å². The Morgan fingerprint density at radius 2 is 2.18 bits per heavy atom. The summed E-state index contributed by atoms with van der Waals surface area (Å²) in [5, 5.41) is 13.1. The molecule has 0 aromatic heterocycles. The summed E-state index contributed by atoms with van der Waals surface area (Å²) in [5.41, 5.74) is 0.402. The first kappa shape index (κ1) is 13.4. The van der Waals surface area contributed by atoms with E-state index in [9.17, 15) is 14.9 Å². The van der Waals surface area contributed by atoms with Crippen molar-refractivity contribution in [3.63, 3.8) is 0 Å². The first-order valence-electron chi connectivity index (χ1n) is 5.24. The van der Waals surface area contributed by atoms with Crippen LogP contribution in [0.2, 0.25) is 0 Å². The standard InChI is InChI=1S/C11H13ClN2O3/c12-7-2-1-6-11(15)13-9-4-3-5-10(8-9)14(16)17/h3-5,8H,1-2,6-7H2,(H,13,15). The average Bonchev–Trinajstić information content (AvgIpc) is 2.29. The molecule has 5 nitrogen and oxygen atoms in total. The second-order valence-electron chi connectivity index (χ2n) is 3.50. The summed E-state index contributed by atoms with van der Waals surface area (Å²) >= 11 is 5.49. The van der Waals surface area contributed by atoms with Gasteiger partial charge >= 0.3 is 0 Å². The van der Waals surface area contributed by atoms with Crippen LogP contribution >= 0.6 is 11.6 Å². The molecule has 92 valence electrons. The van der Waals surface area contributed by atoms with E-state index >= 15 is 0 Å². The lowest BCUT2D eigenvalue weighted by molar-refractivity contribution is -0.384. The SMILES string of the molecule is O=C(CCCCCl)Nc1cccc([N+](=O)[O-])c1. The van der Waals surface area contributed by atoms with Crippen molar-refractivity contribution in [2.24, 2.45) is 0 Å². The number of alkyl halides is 1. The second-order valence-corrected chi connectivity index (χ2v) is 3.88. The molecule has 17 heavy (non-hydrogen) atoms. The number of nitro groups is 1. The lowest BCUT2D eigenvalue weighted by Gasteiger charge is -2.04. The number of rotatable bonds is 6. The molecule has 0 aliphatic carbocycles. The van der Waals surface area contributed by atoms with Gasteiger partial charge in [-0.2, -0.15) is 0 Å². The summed E-state index contributed by atoms with van der Waals surface area (Å²) in [4.78, 5) is 21.5. The van der Waals surface area contributed by atoms with Crippen LogP contribution in [0.15, 0.2) is 24.3 Å². The molecule has 0 fully saturated rings. The Balaban J connectivity index is 2.53. The molecule has 0 bridgehead atoms. The van der Waals surface area contributed by atoms with Crippen LogP contribution < -0.4 is 5.32 Å². The molecule has 0 aliphatic rings. The molecule has 0 unspecified atom stereocenters. The lowest BCUT2D eigenvalue weighted by Crippen LogP contribution is -2.11. The van der Waals surface area contributed by atoms with Crippen LogP contribution in [0.1, 0.15) is 19.3 Å². The third-order valence-electron chi connectivity index (χ3n) is 2.13. The number of unbranched alkanes of at least 4 members (excludes halogenated alkanes) is 1. The number of anilines is 1. The van der Waals surface area contributed by atoms with Crippen LogP contribution in [0.5, 0.6) is 0 Å². The van der Waals surface area contributed by atoms with E-state index < -0.39 is 4.92 Å². The maximum atomic E-state index is 11.4. The minimum absolute atomic E-state index is 0.0384. The molecule has 1 aromatic rings. The zero-order valence-electron chi connectivity index (χ0n) is 9.19. The van der Waals surface area contributed by atoms with Crippen molar-refractivity contribution < 1.29 is 9.72 Å². The fourth-order valence-corrected chi connectivity index (χ4v) is 1.49. The molecule has 0 aliphatic heterocycles. The van der Waals surface area contributed by atoms with Crippen LogP contribution in [-0.4, -0.2) is 16.7 Å². The van der Waals surface area contributed by atoms with Gasteiger partial charge in [-0.3, -0.25) is 14.9 Å². The highest BCUT2D eigenvalue weighted by molar-refractivity contribution is 6.17. The summed E-state index contributed by atoms with van der Waals surface area (Å²) in [6.07, 6.45) is 1.86. The highest BCUT2D eigenvalue weighted by Gasteiger charge is 2.07. The van der Waals surface area contributed by atoms with Gasteiger partial charge in [-0.1, -0.05) is 6.07 Å². The quantitative estimate of drug-likeness (QED) is 0.368. The summed E-state index contributed by atoms with van der Waals surface area (Å²) in [5.74, 6) is 0.375. The van der Waals surface area contributed by atoms with E-state index in [1.807, 2.05) is 0 Å². The smallest absolute Gasteiger partial charge is 0.271 e. The minimum Gasteiger partial charge on any atom is -0.326 e. The van der Waals surface area contributed by atoms with Crippen LogP contribution in [0.4, 0.5) is 11.4 Å². The van der Waals surface area contributed by atoms with Gasteiger partial charge in [-0.25, -0.2) is 0 Å². The minimum atomic E-state index is -0.497. The lowest BCUT2D eigenvalue weighted by atomic mass is 10.2. The van der Waals surface area contributed by atoms with Crippen molar-refractivity contribution in [3.05, 3.63) is 34.4 Å². The number of amides is 1. The fourth-order valence-electron chi connectivity index (χ4n) is 1.30. The molecule has 1 N–H and O–H groups in total.